The fourth-order valence-corrected chi connectivity index (χ4v) is 2.83. The lowest BCUT2D eigenvalue weighted by molar-refractivity contribution is 0.271. The van der Waals surface area contributed by atoms with Crippen LogP contribution in [0.3, 0.4) is 0 Å². The molecule has 1 aromatic carbocycles. The van der Waals surface area contributed by atoms with E-state index in [2.05, 4.69) is 55.4 Å². The van der Waals surface area contributed by atoms with Gasteiger partial charge in [0.25, 0.3) is 0 Å². The van der Waals surface area contributed by atoms with Crippen LogP contribution in [0.2, 0.25) is 0 Å². The minimum atomic E-state index is 0.239. The Labute approximate surface area is 116 Å². The molecule has 1 atom stereocenters. The summed E-state index contributed by atoms with van der Waals surface area (Å²) in [6.45, 7) is 8.39. The van der Waals surface area contributed by atoms with Crippen LogP contribution in [0, 0.1) is 0 Å². The molecule has 0 aromatic heterocycles. The van der Waals surface area contributed by atoms with E-state index in [1.165, 1.54) is 18.5 Å². The maximum Gasteiger partial charge on any atom is 0.119 e. The standard InChI is InChI=1S/C16H26N2O/c1-5-19-15-8-6-13(7-9-15)18(4)14-10-11-17-16(2,3)12-14/h6-9,14,17H,5,10-12H2,1-4H3. The van der Waals surface area contributed by atoms with Gasteiger partial charge in [0.2, 0.25) is 0 Å². The quantitative estimate of drug-likeness (QED) is 0.902. The fraction of sp³-hybridized carbons (Fsp3) is 0.625. The van der Waals surface area contributed by atoms with E-state index in [1.54, 1.807) is 0 Å². The van der Waals surface area contributed by atoms with Crippen LogP contribution in [0.25, 0.3) is 0 Å². The number of ether oxygens (including phenoxy) is 1. The first kappa shape index (κ1) is 14.2. The van der Waals surface area contributed by atoms with Gasteiger partial charge in [0.15, 0.2) is 0 Å². The average molecular weight is 262 g/mol. The van der Waals surface area contributed by atoms with Gasteiger partial charge in [0.05, 0.1) is 6.61 Å². The van der Waals surface area contributed by atoms with Gasteiger partial charge >= 0.3 is 0 Å². The number of rotatable bonds is 4. The van der Waals surface area contributed by atoms with Crippen molar-refractivity contribution in [3.8, 4) is 5.75 Å². The molecule has 1 heterocycles. The van der Waals surface area contributed by atoms with Gasteiger partial charge in [-0.3, -0.25) is 0 Å². The first-order valence-corrected chi connectivity index (χ1v) is 7.22. The predicted molar refractivity (Wildman–Crippen MR) is 81.1 cm³/mol. The number of hydrogen-bond donors (Lipinski definition) is 1. The van der Waals surface area contributed by atoms with Crippen LogP contribution < -0.4 is 15.0 Å². The Bertz CT molecular complexity index is 400. The van der Waals surface area contributed by atoms with Gasteiger partial charge in [-0.1, -0.05) is 0 Å². The summed E-state index contributed by atoms with van der Waals surface area (Å²) in [4.78, 5) is 2.40. The van der Waals surface area contributed by atoms with Crippen LogP contribution in [-0.2, 0) is 0 Å². The van der Waals surface area contributed by atoms with Crippen molar-refractivity contribution in [2.45, 2.75) is 45.2 Å². The molecular weight excluding hydrogens is 236 g/mol. The van der Waals surface area contributed by atoms with Gasteiger partial charge in [-0.2, -0.15) is 0 Å². The monoisotopic (exact) mass is 262 g/mol. The Morgan fingerprint density at radius 2 is 2.00 bits per heavy atom. The molecule has 3 nitrogen and oxygen atoms in total. The zero-order chi connectivity index (χ0) is 13.9. The second-order valence-corrected chi connectivity index (χ2v) is 6.00. The van der Waals surface area contributed by atoms with Crippen molar-refractivity contribution in [2.75, 3.05) is 25.1 Å². The van der Waals surface area contributed by atoms with E-state index in [-0.39, 0.29) is 5.54 Å². The summed E-state index contributed by atoms with van der Waals surface area (Å²) in [5, 5.41) is 3.57. The summed E-state index contributed by atoms with van der Waals surface area (Å²) < 4.78 is 5.49. The minimum Gasteiger partial charge on any atom is -0.494 e. The van der Waals surface area contributed by atoms with Crippen molar-refractivity contribution in [1.29, 1.82) is 0 Å². The third kappa shape index (κ3) is 3.63. The molecule has 0 radical (unpaired) electrons. The van der Waals surface area contributed by atoms with Crippen LogP contribution in [0.5, 0.6) is 5.75 Å². The molecule has 0 spiro atoms. The van der Waals surface area contributed by atoms with E-state index >= 15 is 0 Å². The lowest BCUT2D eigenvalue weighted by atomic mass is 9.88. The predicted octanol–water partition coefficient (Wildman–Crippen LogP) is 3.05. The number of benzene rings is 1. The number of hydrogen-bond acceptors (Lipinski definition) is 3. The van der Waals surface area contributed by atoms with Crippen LogP contribution in [-0.4, -0.2) is 31.8 Å². The number of anilines is 1. The lowest BCUT2D eigenvalue weighted by Crippen LogP contribution is -2.52. The molecular formula is C16H26N2O. The molecule has 19 heavy (non-hydrogen) atoms. The first-order valence-electron chi connectivity index (χ1n) is 7.22. The van der Waals surface area contributed by atoms with E-state index in [0.717, 1.165) is 18.9 Å². The number of nitrogens with zero attached hydrogens (tertiary/aromatic N) is 1. The van der Waals surface area contributed by atoms with Gasteiger partial charge in [0.1, 0.15) is 5.75 Å². The van der Waals surface area contributed by atoms with Crippen LogP contribution >= 0.6 is 0 Å². The SMILES string of the molecule is CCOc1ccc(N(C)C2CCNC(C)(C)C2)cc1. The van der Waals surface area contributed by atoms with E-state index in [1.807, 2.05) is 6.92 Å². The number of piperidine rings is 1. The molecule has 0 bridgehead atoms. The average Bonchev–Trinajstić information content (AvgIpc) is 2.38. The summed E-state index contributed by atoms with van der Waals surface area (Å²) in [6.07, 6.45) is 2.38. The Morgan fingerprint density at radius 3 is 2.58 bits per heavy atom. The highest BCUT2D eigenvalue weighted by Gasteiger charge is 2.29. The Kier molecular flexibility index (Phi) is 4.35. The van der Waals surface area contributed by atoms with Gasteiger partial charge in [-0.05, 0) is 64.4 Å². The smallest absolute Gasteiger partial charge is 0.119 e. The van der Waals surface area contributed by atoms with Gasteiger partial charge in [-0.25, -0.2) is 0 Å². The molecule has 0 amide bonds. The largest absolute Gasteiger partial charge is 0.494 e. The van der Waals surface area contributed by atoms with Gasteiger partial charge in [-0.15, -0.1) is 0 Å². The Morgan fingerprint density at radius 1 is 1.32 bits per heavy atom. The van der Waals surface area contributed by atoms with Crippen LogP contribution in [0.4, 0.5) is 5.69 Å². The molecule has 1 unspecified atom stereocenters. The number of nitrogens with one attached hydrogen (secondary N) is 1. The second kappa shape index (κ2) is 5.83. The molecule has 1 aromatic rings. The van der Waals surface area contributed by atoms with E-state index in [9.17, 15) is 0 Å². The first-order chi connectivity index (χ1) is 9.02. The van der Waals surface area contributed by atoms with Crippen molar-refractivity contribution in [2.24, 2.45) is 0 Å². The second-order valence-electron chi connectivity index (χ2n) is 6.00. The van der Waals surface area contributed by atoms with E-state index in [4.69, 9.17) is 4.74 Å². The molecule has 2 rings (SSSR count). The van der Waals surface area contributed by atoms with Crippen LogP contribution in [0.15, 0.2) is 24.3 Å². The zero-order valence-corrected chi connectivity index (χ0v) is 12.6. The summed E-state index contributed by atoms with van der Waals surface area (Å²) in [5.41, 5.74) is 1.51. The van der Waals surface area contributed by atoms with Crippen molar-refractivity contribution in [3.63, 3.8) is 0 Å². The van der Waals surface area contributed by atoms with Crippen molar-refractivity contribution in [1.82, 2.24) is 5.32 Å². The highest BCUT2D eigenvalue weighted by Crippen LogP contribution is 2.27. The molecule has 1 saturated heterocycles. The fourth-order valence-electron chi connectivity index (χ4n) is 2.83. The highest BCUT2D eigenvalue weighted by molar-refractivity contribution is 5.49. The van der Waals surface area contributed by atoms with Crippen molar-refractivity contribution < 1.29 is 4.74 Å². The minimum absolute atomic E-state index is 0.239. The summed E-state index contributed by atoms with van der Waals surface area (Å²) in [7, 11) is 2.20. The Balaban J connectivity index is 2.04. The van der Waals surface area contributed by atoms with Crippen molar-refractivity contribution in [3.05, 3.63) is 24.3 Å². The maximum atomic E-state index is 5.49. The summed E-state index contributed by atoms with van der Waals surface area (Å²) in [6, 6.07) is 9.03. The summed E-state index contributed by atoms with van der Waals surface area (Å²) in [5.74, 6) is 0.949. The molecule has 1 aliphatic heterocycles. The maximum absolute atomic E-state index is 5.49. The van der Waals surface area contributed by atoms with Crippen LogP contribution in [0.1, 0.15) is 33.6 Å². The van der Waals surface area contributed by atoms with Gasteiger partial charge in [0, 0.05) is 24.3 Å². The third-order valence-electron chi connectivity index (χ3n) is 3.93. The summed E-state index contributed by atoms with van der Waals surface area (Å²) >= 11 is 0. The highest BCUT2D eigenvalue weighted by atomic mass is 16.5. The van der Waals surface area contributed by atoms with E-state index in [0.29, 0.717) is 6.04 Å². The molecule has 0 aliphatic carbocycles. The Hall–Kier alpha value is -1.22. The molecule has 1 aliphatic rings. The van der Waals surface area contributed by atoms with Gasteiger partial charge < -0.3 is 15.0 Å². The normalized spacial score (nSPS) is 22.0. The molecule has 1 fully saturated rings. The third-order valence-corrected chi connectivity index (χ3v) is 3.93. The molecule has 106 valence electrons. The molecule has 1 N–H and O–H groups in total. The van der Waals surface area contributed by atoms with Crippen molar-refractivity contribution >= 4 is 5.69 Å². The molecule has 0 saturated carbocycles. The topological polar surface area (TPSA) is 24.5 Å². The van der Waals surface area contributed by atoms with E-state index < -0.39 is 0 Å². The molecule has 3 heteroatoms. The lowest BCUT2D eigenvalue weighted by Gasteiger charge is -2.41. The zero-order valence-electron chi connectivity index (χ0n) is 12.6.